The molecule has 0 bridgehead atoms. The summed E-state index contributed by atoms with van der Waals surface area (Å²) in [5, 5.41) is 5.57. The van der Waals surface area contributed by atoms with Crippen molar-refractivity contribution in [1.82, 2.24) is 10.6 Å². The highest BCUT2D eigenvalue weighted by atomic mass is 19.1. The SMILES string of the molecule is O=C(CNC(=O)c1ccccc1)NC1(c2ccccc2F)CCCC1. The molecule has 25 heavy (non-hydrogen) atoms. The smallest absolute Gasteiger partial charge is 0.251 e. The highest BCUT2D eigenvalue weighted by Gasteiger charge is 2.38. The summed E-state index contributed by atoms with van der Waals surface area (Å²) in [6.45, 7) is -0.135. The van der Waals surface area contributed by atoms with E-state index >= 15 is 0 Å². The van der Waals surface area contributed by atoms with E-state index in [1.807, 2.05) is 6.07 Å². The van der Waals surface area contributed by atoms with Gasteiger partial charge in [0.1, 0.15) is 5.82 Å². The van der Waals surface area contributed by atoms with Crippen molar-refractivity contribution in [2.24, 2.45) is 0 Å². The summed E-state index contributed by atoms with van der Waals surface area (Å²) in [5.74, 6) is -0.922. The third-order valence-corrected chi connectivity index (χ3v) is 4.67. The zero-order valence-corrected chi connectivity index (χ0v) is 13.9. The maximum Gasteiger partial charge on any atom is 0.251 e. The van der Waals surface area contributed by atoms with Crippen molar-refractivity contribution in [2.45, 2.75) is 31.2 Å². The summed E-state index contributed by atoms with van der Waals surface area (Å²) in [7, 11) is 0. The Labute approximate surface area is 146 Å². The number of carbonyl (C=O) groups is 2. The van der Waals surface area contributed by atoms with E-state index in [1.54, 1.807) is 42.5 Å². The number of amides is 2. The molecule has 1 fully saturated rings. The number of rotatable bonds is 5. The lowest BCUT2D eigenvalue weighted by atomic mass is 9.87. The Morgan fingerprint density at radius 2 is 1.60 bits per heavy atom. The monoisotopic (exact) mass is 340 g/mol. The van der Waals surface area contributed by atoms with Crippen molar-refractivity contribution in [2.75, 3.05) is 6.54 Å². The third-order valence-electron chi connectivity index (χ3n) is 4.67. The molecule has 4 nitrogen and oxygen atoms in total. The maximum absolute atomic E-state index is 14.3. The van der Waals surface area contributed by atoms with Gasteiger partial charge in [0.2, 0.25) is 5.91 Å². The van der Waals surface area contributed by atoms with Crippen LogP contribution in [-0.2, 0) is 10.3 Å². The zero-order chi connectivity index (χ0) is 17.7. The molecular weight excluding hydrogens is 319 g/mol. The summed E-state index contributed by atoms with van der Waals surface area (Å²) in [6, 6.07) is 15.3. The lowest BCUT2D eigenvalue weighted by Gasteiger charge is -2.31. The van der Waals surface area contributed by atoms with Crippen LogP contribution in [-0.4, -0.2) is 18.4 Å². The minimum absolute atomic E-state index is 0.135. The lowest BCUT2D eigenvalue weighted by Crippen LogP contribution is -2.48. The molecule has 0 heterocycles. The minimum Gasteiger partial charge on any atom is -0.345 e. The molecule has 0 radical (unpaired) electrons. The Morgan fingerprint density at radius 1 is 0.960 bits per heavy atom. The van der Waals surface area contributed by atoms with Crippen LogP contribution < -0.4 is 10.6 Å². The lowest BCUT2D eigenvalue weighted by molar-refractivity contribution is -0.122. The van der Waals surface area contributed by atoms with Gasteiger partial charge >= 0.3 is 0 Å². The Kier molecular flexibility index (Phi) is 5.12. The molecular formula is C20H21FN2O2. The molecule has 5 heteroatoms. The van der Waals surface area contributed by atoms with E-state index in [2.05, 4.69) is 10.6 Å². The predicted molar refractivity (Wildman–Crippen MR) is 93.5 cm³/mol. The van der Waals surface area contributed by atoms with Crippen molar-refractivity contribution in [3.63, 3.8) is 0 Å². The molecule has 2 aromatic carbocycles. The largest absolute Gasteiger partial charge is 0.345 e. The summed E-state index contributed by atoms with van der Waals surface area (Å²) >= 11 is 0. The molecule has 0 atom stereocenters. The predicted octanol–water partition coefficient (Wildman–Crippen LogP) is 3.14. The first-order valence-electron chi connectivity index (χ1n) is 8.50. The van der Waals surface area contributed by atoms with Gasteiger partial charge in [-0.3, -0.25) is 9.59 Å². The Balaban J connectivity index is 1.66. The van der Waals surface area contributed by atoms with E-state index in [9.17, 15) is 14.0 Å². The molecule has 0 unspecified atom stereocenters. The van der Waals surface area contributed by atoms with E-state index < -0.39 is 5.54 Å². The molecule has 1 saturated carbocycles. The van der Waals surface area contributed by atoms with Crippen LogP contribution in [0.15, 0.2) is 54.6 Å². The molecule has 0 aliphatic heterocycles. The molecule has 0 aromatic heterocycles. The Bertz CT molecular complexity index is 755. The molecule has 2 amide bonds. The summed E-state index contributed by atoms with van der Waals surface area (Å²) in [6.07, 6.45) is 3.27. The Morgan fingerprint density at radius 3 is 2.28 bits per heavy atom. The number of hydrogen-bond donors (Lipinski definition) is 2. The molecule has 3 rings (SSSR count). The summed E-state index contributed by atoms with van der Waals surface area (Å²) in [5.41, 5.74) is 0.343. The van der Waals surface area contributed by atoms with Crippen molar-refractivity contribution in [3.05, 3.63) is 71.5 Å². The van der Waals surface area contributed by atoms with Crippen molar-refractivity contribution >= 4 is 11.8 Å². The van der Waals surface area contributed by atoms with Gasteiger partial charge in [-0.05, 0) is 31.0 Å². The first-order chi connectivity index (χ1) is 12.1. The number of hydrogen-bond acceptors (Lipinski definition) is 2. The average molecular weight is 340 g/mol. The molecule has 130 valence electrons. The molecule has 0 saturated heterocycles. The van der Waals surface area contributed by atoms with Crippen LogP contribution in [0.25, 0.3) is 0 Å². The zero-order valence-electron chi connectivity index (χ0n) is 13.9. The van der Waals surface area contributed by atoms with Gasteiger partial charge in [-0.15, -0.1) is 0 Å². The highest BCUT2D eigenvalue weighted by molar-refractivity contribution is 5.96. The van der Waals surface area contributed by atoms with Crippen LogP contribution in [0.3, 0.4) is 0 Å². The van der Waals surface area contributed by atoms with Crippen molar-refractivity contribution in [3.8, 4) is 0 Å². The normalized spacial score (nSPS) is 15.6. The van der Waals surface area contributed by atoms with Crippen LogP contribution in [0.2, 0.25) is 0 Å². The van der Waals surface area contributed by atoms with Crippen LogP contribution in [0, 0.1) is 5.82 Å². The van der Waals surface area contributed by atoms with E-state index in [0.717, 1.165) is 12.8 Å². The fourth-order valence-corrected chi connectivity index (χ4v) is 3.45. The van der Waals surface area contributed by atoms with Gasteiger partial charge in [0.05, 0.1) is 12.1 Å². The van der Waals surface area contributed by atoms with Gasteiger partial charge in [-0.25, -0.2) is 4.39 Å². The standard InChI is InChI=1S/C20H21FN2O2/c21-17-11-5-4-10-16(17)20(12-6-7-13-20)23-18(24)14-22-19(25)15-8-2-1-3-9-15/h1-5,8-11H,6-7,12-14H2,(H,22,25)(H,23,24). The van der Waals surface area contributed by atoms with Gasteiger partial charge < -0.3 is 10.6 Å². The van der Waals surface area contributed by atoms with Crippen LogP contribution in [0.5, 0.6) is 0 Å². The second kappa shape index (κ2) is 7.47. The fourth-order valence-electron chi connectivity index (χ4n) is 3.45. The molecule has 1 aliphatic carbocycles. The van der Waals surface area contributed by atoms with Gasteiger partial charge in [-0.2, -0.15) is 0 Å². The minimum atomic E-state index is -0.681. The fraction of sp³-hybridized carbons (Fsp3) is 0.300. The van der Waals surface area contributed by atoms with Gasteiger partial charge in [-0.1, -0.05) is 49.2 Å². The van der Waals surface area contributed by atoms with Crippen LogP contribution in [0.1, 0.15) is 41.6 Å². The van der Waals surface area contributed by atoms with Crippen LogP contribution in [0.4, 0.5) is 4.39 Å². The average Bonchev–Trinajstić information content (AvgIpc) is 3.10. The van der Waals surface area contributed by atoms with E-state index in [1.165, 1.54) is 6.07 Å². The first-order valence-corrected chi connectivity index (χ1v) is 8.50. The Hall–Kier alpha value is -2.69. The van der Waals surface area contributed by atoms with Crippen molar-refractivity contribution in [1.29, 1.82) is 0 Å². The second-order valence-corrected chi connectivity index (χ2v) is 6.37. The van der Waals surface area contributed by atoms with Gasteiger partial charge in [0.15, 0.2) is 0 Å². The van der Waals surface area contributed by atoms with E-state index in [4.69, 9.17) is 0 Å². The quantitative estimate of drug-likeness (QED) is 0.878. The molecule has 2 N–H and O–H groups in total. The summed E-state index contributed by atoms with van der Waals surface area (Å²) < 4.78 is 14.3. The number of halogens is 1. The number of benzene rings is 2. The molecule has 2 aromatic rings. The second-order valence-electron chi connectivity index (χ2n) is 6.37. The van der Waals surface area contributed by atoms with Gasteiger partial charge in [0.25, 0.3) is 5.91 Å². The first kappa shape index (κ1) is 17.1. The number of nitrogens with one attached hydrogen (secondary N) is 2. The van der Waals surface area contributed by atoms with Gasteiger partial charge in [0, 0.05) is 11.1 Å². The highest BCUT2D eigenvalue weighted by Crippen LogP contribution is 2.39. The van der Waals surface area contributed by atoms with Crippen molar-refractivity contribution < 1.29 is 14.0 Å². The topological polar surface area (TPSA) is 58.2 Å². The maximum atomic E-state index is 14.3. The van der Waals surface area contributed by atoms with E-state index in [-0.39, 0.29) is 24.2 Å². The van der Waals surface area contributed by atoms with E-state index in [0.29, 0.717) is 24.0 Å². The number of carbonyl (C=O) groups excluding carboxylic acids is 2. The summed E-state index contributed by atoms with van der Waals surface area (Å²) in [4.78, 5) is 24.4. The third kappa shape index (κ3) is 3.87. The van der Waals surface area contributed by atoms with Crippen LogP contribution >= 0.6 is 0 Å². The molecule has 0 spiro atoms. The molecule has 1 aliphatic rings.